The van der Waals surface area contributed by atoms with Crippen molar-refractivity contribution in [1.82, 2.24) is 15.5 Å². The Balaban J connectivity index is 3.79. The van der Waals surface area contributed by atoms with Crippen LogP contribution in [-0.2, 0) is 14.3 Å². The second-order valence-electron chi connectivity index (χ2n) is 3.87. The Kier molecular flexibility index (Phi) is 8.55. The highest BCUT2D eigenvalue weighted by atomic mass is 16.5. The number of carbonyl (C=O) groups excluding carboxylic acids is 3. The van der Waals surface area contributed by atoms with E-state index in [1.807, 2.05) is 6.92 Å². The maximum Gasteiger partial charge on any atom is 0.321 e. The predicted molar refractivity (Wildman–Crippen MR) is 66.0 cm³/mol. The van der Waals surface area contributed by atoms with Crippen molar-refractivity contribution in [3.8, 4) is 0 Å². The summed E-state index contributed by atoms with van der Waals surface area (Å²) >= 11 is 0. The fourth-order valence-corrected chi connectivity index (χ4v) is 1.16. The fourth-order valence-electron chi connectivity index (χ4n) is 1.16. The first kappa shape index (κ1) is 16.4. The molecule has 0 aliphatic carbocycles. The summed E-state index contributed by atoms with van der Waals surface area (Å²) in [6.45, 7) is 2.90. The molecule has 0 radical (unpaired) electrons. The summed E-state index contributed by atoms with van der Waals surface area (Å²) in [6.07, 6.45) is 1.02. The van der Waals surface area contributed by atoms with Crippen LogP contribution in [-0.4, -0.2) is 56.6 Å². The zero-order valence-electron chi connectivity index (χ0n) is 11.1. The van der Waals surface area contributed by atoms with Gasteiger partial charge in [0.1, 0.15) is 0 Å². The van der Waals surface area contributed by atoms with E-state index in [4.69, 9.17) is 0 Å². The Bertz CT molecular complexity index is 294. The molecule has 7 nitrogen and oxygen atoms in total. The van der Waals surface area contributed by atoms with E-state index in [1.54, 1.807) is 11.9 Å². The minimum absolute atomic E-state index is 0.0521. The summed E-state index contributed by atoms with van der Waals surface area (Å²) in [4.78, 5) is 35.1. The van der Waals surface area contributed by atoms with Gasteiger partial charge in [0.25, 0.3) is 0 Å². The molecule has 0 rings (SSSR count). The van der Waals surface area contributed by atoms with Crippen LogP contribution in [0.3, 0.4) is 0 Å². The highest BCUT2D eigenvalue weighted by Crippen LogP contribution is 1.89. The SMILES string of the molecule is CCCNC(=O)NC(=O)CN(C)CCC(=O)OC. The number of likely N-dealkylation sites (N-methyl/N-ethyl adjacent to an activating group) is 1. The largest absolute Gasteiger partial charge is 0.469 e. The van der Waals surface area contributed by atoms with Gasteiger partial charge in [0, 0.05) is 13.1 Å². The minimum atomic E-state index is -0.497. The van der Waals surface area contributed by atoms with E-state index < -0.39 is 11.9 Å². The van der Waals surface area contributed by atoms with Gasteiger partial charge in [-0.05, 0) is 13.5 Å². The van der Waals surface area contributed by atoms with Crippen LogP contribution in [0.5, 0.6) is 0 Å². The van der Waals surface area contributed by atoms with Crippen LogP contribution in [0.2, 0.25) is 0 Å². The monoisotopic (exact) mass is 259 g/mol. The van der Waals surface area contributed by atoms with Crippen LogP contribution >= 0.6 is 0 Å². The van der Waals surface area contributed by atoms with Crippen molar-refractivity contribution in [1.29, 1.82) is 0 Å². The molecular formula is C11H21N3O4. The van der Waals surface area contributed by atoms with E-state index in [9.17, 15) is 14.4 Å². The highest BCUT2D eigenvalue weighted by molar-refractivity contribution is 5.95. The lowest BCUT2D eigenvalue weighted by molar-refractivity contribution is -0.141. The molecule has 7 heteroatoms. The lowest BCUT2D eigenvalue weighted by atomic mass is 10.4. The van der Waals surface area contributed by atoms with Gasteiger partial charge in [-0.1, -0.05) is 6.92 Å². The van der Waals surface area contributed by atoms with Crippen molar-refractivity contribution in [2.75, 3.05) is 33.8 Å². The van der Waals surface area contributed by atoms with Gasteiger partial charge in [-0.3, -0.25) is 19.8 Å². The third kappa shape index (κ3) is 8.51. The molecule has 0 fully saturated rings. The van der Waals surface area contributed by atoms with Crippen molar-refractivity contribution in [3.63, 3.8) is 0 Å². The van der Waals surface area contributed by atoms with Crippen molar-refractivity contribution in [2.24, 2.45) is 0 Å². The van der Waals surface area contributed by atoms with Gasteiger partial charge in [-0.25, -0.2) is 4.79 Å². The summed E-state index contributed by atoms with van der Waals surface area (Å²) in [7, 11) is 3.00. The number of nitrogens with zero attached hydrogens (tertiary/aromatic N) is 1. The Morgan fingerprint density at radius 3 is 2.50 bits per heavy atom. The summed E-state index contributed by atoms with van der Waals surface area (Å²) in [5.41, 5.74) is 0. The second kappa shape index (κ2) is 9.41. The van der Waals surface area contributed by atoms with E-state index in [2.05, 4.69) is 15.4 Å². The van der Waals surface area contributed by atoms with Gasteiger partial charge in [-0.2, -0.15) is 0 Å². The Hall–Kier alpha value is -1.63. The molecule has 0 spiro atoms. The predicted octanol–water partition coefficient (Wildman–Crippen LogP) is -0.283. The topological polar surface area (TPSA) is 87.7 Å². The van der Waals surface area contributed by atoms with Crippen LogP contribution in [0.15, 0.2) is 0 Å². The molecule has 0 aromatic rings. The number of hydrogen-bond donors (Lipinski definition) is 2. The van der Waals surface area contributed by atoms with Gasteiger partial charge in [-0.15, -0.1) is 0 Å². The Morgan fingerprint density at radius 1 is 1.28 bits per heavy atom. The molecule has 0 aromatic carbocycles. The smallest absolute Gasteiger partial charge is 0.321 e. The fraction of sp³-hybridized carbons (Fsp3) is 0.727. The first-order valence-corrected chi connectivity index (χ1v) is 5.82. The number of methoxy groups -OCH3 is 1. The summed E-state index contributed by atoms with van der Waals surface area (Å²) in [5, 5.41) is 4.73. The maximum absolute atomic E-state index is 11.4. The van der Waals surface area contributed by atoms with Crippen molar-refractivity contribution >= 4 is 17.9 Å². The van der Waals surface area contributed by atoms with Crippen molar-refractivity contribution < 1.29 is 19.1 Å². The number of esters is 1. The second-order valence-corrected chi connectivity index (χ2v) is 3.87. The molecule has 0 aliphatic rings. The van der Waals surface area contributed by atoms with Crippen LogP contribution in [0.1, 0.15) is 19.8 Å². The number of hydrogen-bond acceptors (Lipinski definition) is 5. The standard InChI is InChI=1S/C11H21N3O4/c1-4-6-12-11(17)13-9(15)8-14(2)7-5-10(16)18-3/h4-8H2,1-3H3,(H2,12,13,15,17). The molecule has 104 valence electrons. The van der Waals surface area contributed by atoms with E-state index in [1.165, 1.54) is 7.11 Å². The lowest BCUT2D eigenvalue weighted by Crippen LogP contribution is -2.44. The molecule has 0 aromatic heterocycles. The van der Waals surface area contributed by atoms with Gasteiger partial charge in [0.15, 0.2) is 0 Å². The summed E-state index contributed by atoms with van der Waals surface area (Å²) in [5.74, 6) is -0.737. The van der Waals surface area contributed by atoms with E-state index in [0.717, 1.165) is 6.42 Å². The number of amides is 3. The van der Waals surface area contributed by atoms with E-state index >= 15 is 0 Å². The van der Waals surface area contributed by atoms with Crippen LogP contribution < -0.4 is 10.6 Å². The first-order chi connectivity index (χ1) is 8.49. The van der Waals surface area contributed by atoms with Crippen LogP contribution in [0.25, 0.3) is 0 Å². The normalized spacial score (nSPS) is 10.0. The Morgan fingerprint density at radius 2 is 1.94 bits per heavy atom. The zero-order chi connectivity index (χ0) is 14.0. The molecule has 0 saturated heterocycles. The number of nitrogens with one attached hydrogen (secondary N) is 2. The van der Waals surface area contributed by atoms with Crippen molar-refractivity contribution in [3.05, 3.63) is 0 Å². The lowest BCUT2D eigenvalue weighted by Gasteiger charge is -2.15. The molecule has 0 atom stereocenters. The first-order valence-electron chi connectivity index (χ1n) is 5.82. The minimum Gasteiger partial charge on any atom is -0.469 e. The average Bonchev–Trinajstić information content (AvgIpc) is 2.33. The van der Waals surface area contributed by atoms with Gasteiger partial charge in [0.05, 0.1) is 20.1 Å². The zero-order valence-corrected chi connectivity index (χ0v) is 11.1. The molecule has 0 bridgehead atoms. The molecule has 0 aliphatic heterocycles. The van der Waals surface area contributed by atoms with Crippen LogP contribution in [0, 0.1) is 0 Å². The molecule has 2 N–H and O–H groups in total. The molecule has 0 unspecified atom stereocenters. The molecule has 0 saturated carbocycles. The molecule has 3 amide bonds. The molecule has 0 heterocycles. The molecular weight excluding hydrogens is 238 g/mol. The van der Waals surface area contributed by atoms with Gasteiger partial charge < -0.3 is 10.1 Å². The number of imide groups is 1. The van der Waals surface area contributed by atoms with E-state index in [-0.39, 0.29) is 18.9 Å². The maximum atomic E-state index is 11.4. The number of rotatable bonds is 7. The Labute approximate surface area is 107 Å². The average molecular weight is 259 g/mol. The number of urea groups is 1. The van der Waals surface area contributed by atoms with Gasteiger partial charge >= 0.3 is 12.0 Å². The van der Waals surface area contributed by atoms with E-state index in [0.29, 0.717) is 13.1 Å². The number of ether oxygens (including phenoxy) is 1. The third-order valence-corrected chi connectivity index (χ3v) is 2.13. The highest BCUT2D eigenvalue weighted by Gasteiger charge is 2.11. The summed E-state index contributed by atoms with van der Waals surface area (Å²) < 4.78 is 4.48. The van der Waals surface area contributed by atoms with Gasteiger partial charge in [0.2, 0.25) is 5.91 Å². The quantitative estimate of drug-likeness (QED) is 0.614. The molecule has 18 heavy (non-hydrogen) atoms. The van der Waals surface area contributed by atoms with Crippen LogP contribution in [0.4, 0.5) is 4.79 Å². The summed E-state index contributed by atoms with van der Waals surface area (Å²) in [6, 6.07) is -0.497. The number of carbonyl (C=O) groups is 3. The third-order valence-electron chi connectivity index (χ3n) is 2.13. The van der Waals surface area contributed by atoms with Crippen molar-refractivity contribution in [2.45, 2.75) is 19.8 Å².